The maximum absolute atomic E-state index is 8.95. The molecule has 0 aliphatic heterocycles. The Morgan fingerprint density at radius 1 is 1.07 bits per heavy atom. The van der Waals surface area contributed by atoms with E-state index in [1.54, 1.807) is 18.2 Å². The summed E-state index contributed by atoms with van der Waals surface area (Å²) in [5.74, 6) is 0.631. The lowest BCUT2D eigenvalue weighted by Gasteiger charge is -2.08. The summed E-state index contributed by atoms with van der Waals surface area (Å²) in [6.45, 7) is 0.747. The Kier molecular flexibility index (Phi) is 7.07. The highest BCUT2D eigenvalue weighted by molar-refractivity contribution is 5.85. The summed E-state index contributed by atoms with van der Waals surface area (Å²) in [7, 11) is 0. The van der Waals surface area contributed by atoms with Crippen LogP contribution < -0.4 is 10.5 Å². The minimum absolute atomic E-state index is 0. The first kappa shape index (κ1) is 14.2. The summed E-state index contributed by atoms with van der Waals surface area (Å²) in [6, 6.07) is 5.19. The number of aliphatic hydroxyl groups excluding tert-OH is 2. The van der Waals surface area contributed by atoms with Crippen molar-refractivity contribution in [3.8, 4) is 5.75 Å². The lowest BCUT2D eigenvalue weighted by Crippen LogP contribution is -2.10. The van der Waals surface area contributed by atoms with E-state index in [-0.39, 0.29) is 25.6 Å². The molecule has 0 saturated heterocycles. The molecular weight excluding hydrogens is 218 g/mol. The Morgan fingerprint density at radius 3 is 2.00 bits per heavy atom. The lowest BCUT2D eigenvalue weighted by molar-refractivity contribution is 0.271. The van der Waals surface area contributed by atoms with Crippen LogP contribution in [0.15, 0.2) is 18.2 Å². The van der Waals surface area contributed by atoms with Crippen molar-refractivity contribution in [2.45, 2.75) is 13.2 Å². The standard InChI is InChI=1S/C10H15NO3.ClH/c11-1-2-14-10-4-8(6-12)3-9(5-10)7-13;/h3-5,12-13H,1-2,6-7,11H2;1H. The molecule has 1 aromatic rings. The first-order valence-corrected chi connectivity index (χ1v) is 4.47. The van der Waals surface area contributed by atoms with Gasteiger partial charge in [-0.3, -0.25) is 0 Å². The molecule has 0 aromatic heterocycles. The zero-order valence-corrected chi connectivity index (χ0v) is 9.17. The van der Waals surface area contributed by atoms with Crippen LogP contribution in [-0.2, 0) is 13.2 Å². The van der Waals surface area contributed by atoms with Crippen LogP contribution in [0.3, 0.4) is 0 Å². The average molecular weight is 234 g/mol. The van der Waals surface area contributed by atoms with E-state index >= 15 is 0 Å². The van der Waals surface area contributed by atoms with Crippen molar-refractivity contribution in [1.82, 2.24) is 0 Å². The number of benzene rings is 1. The van der Waals surface area contributed by atoms with Gasteiger partial charge in [0.25, 0.3) is 0 Å². The second-order valence-electron chi connectivity index (χ2n) is 2.94. The summed E-state index contributed by atoms with van der Waals surface area (Å²) < 4.78 is 5.29. The van der Waals surface area contributed by atoms with Gasteiger partial charge in [-0.15, -0.1) is 12.4 Å². The minimum atomic E-state index is -0.0627. The van der Waals surface area contributed by atoms with Crippen molar-refractivity contribution < 1.29 is 14.9 Å². The normalized spacial score (nSPS) is 9.53. The number of hydrogen-bond acceptors (Lipinski definition) is 4. The fourth-order valence-corrected chi connectivity index (χ4v) is 1.17. The molecule has 4 nitrogen and oxygen atoms in total. The molecule has 0 unspecified atom stereocenters. The zero-order valence-electron chi connectivity index (χ0n) is 8.35. The highest BCUT2D eigenvalue weighted by Gasteiger charge is 2.00. The highest BCUT2D eigenvalue weighted by Crippen LogP contribution is 2.17. The quantitative estimate of drug-likeness (QED) is 0.690. The van der Waals surface area contributed by atoms with Crippen LogP contribution in [-0.4, -0.2) is 23.4 Å². The van der Waals surface area contributed by atoms with Crippen LogP contribution in [0.5, 0.6) is 5.75 Å². The Hall–Kier alpha value is -0.810. The number of ether oxygens (including phenoxy) is 1. The van der Waals surface area contributed by atoms with E-state index < -0.39 is 0 Å². The second kappa shape index (κ2) is 7.48. The van der Waals surface area contributed by atoms with Crippen LogP contribution in [0, 0.1) is 0 Å². The predicted octanol–water partition coefficient (Wildman–Crippen LogP) is 0.431. The number of nitrogens with two attached hydrogens (primary N) is 1. The molecule has 5 heteroatoms. The maximum atomic E-state index is 8.95. The molecule has 15 heavy (non-hydrogen) atoms. The fraction of sp³-hybridized carbons (Fsp3) is 0.400. The molecule has 0 saturated carbocycles. The molecule has 0 heterocycles. The number of aliphatic hydroxyl groups is 2. The van der Waals surface area contributed by atoms with Crippen molar-refractivity contribution in [2.75, 3.05) is 13.2 Å². The third kappa shape index (κ3) is 4.48. The van der Waals surface area contributed by atoms with E-state index in [1.165, 1.54) is 0 Å². The topological polar surface area (TPSA) is 75.7 Å². The van der Waals surface area contributed by atoms with Gasteiger partial charge >= 0.3 is 0 Å². The van der Waals surface area contributed by atoms with Gasteiger partial charge in [-0.25, -0.2) is 0 Å². The molecule has 1 aromatic carbocycles. The van der Waals surface area contributed by atoms with E-state index in [1.807, 2.05) is 0 Å². The van der Waals surface area contributed by atoms with Gasteiger partial charge in [0.05, 0.1) is 13.2 Å². The van der Waals surface area contributed by atoms with E-state index in [4.69, 9.17) is 20.7 Å². The SMILES string of the molecule is Cl.NCCOc1cc(CO)cc(CO)c1. The molecule has 86 valence electrons. The monoisotopic (exact) mass is 233 g/mol. The Bertz CT molecular complexity index is 272. The Labute approximate surface area is 95.1 Å². The summed E-state index contributed by atoms with van der Waals surface area (Å²) in [5.41, 5.74) is 6.74. The Balaban J connectivity index is 0.00000196. The predicted molar refractivity (Wildman–Crippen MR) is 60.1 cm³/mol. The van der Waals surface area contributed by atoms with E-state index in [0.717, 1.165) is 11.1 Å². The van der Waals surface area contributed by atoms with Crippen LogP contribution in [0.25, 0.3) is 0 Å². The molecule has 1 rings (SSSR count). The molecular formula is C10H16ClNO3. The molecule has 0 amide bonds. The highest BCUT2D eigenvalue weighted by atomic mass is 35.5. The summed E-state index contributed by atoms with van der Waals surface area (Å²) in [4.78, 5) is 0. The van der Waals surface area contributed by atoms with Gasteiger partial charge in [0.2, 0.25) is 0 Å². The van der Waals surface area contributed by atoms with Gasteiger partial charge in [-0.05, 0) is 23.3 Å². The maximum Gasteiger partial charge on any atom is 0.120 e. The van der Waals surface area contributed by atoms with Crippen LogP contribution in [0.1, 0.15) is 11.1 Å². The first-order chi connectivity index (χ1) is 6.80. The molecule has 0 radical (unpaired) electrons. The van der Waals surface area contributed by atoms with Crippen LogP contribution in [0.2, 0.25) is 0 Å². The number of halogens is 1. The molecule has 0 aliphatic rings. The minimum Gasteiger partial charge on any atom is -0.492 e. The molecule has 0 fully saturated rings. The van der Waals surface area contributed by atoms with Gasteiger partial charge < -0.3 is 20.7 Å². The average Bonchev–Trinajstić information content (AvgIpc) is 2.25. The number of hydrogen-bond donors (Lipinski definition) is 3. The Morgan fingerprint density at radius 2 is 1.60 bits per heavy atom. The third-order valence-corrected chi connectivity index (χ3v) is 1.78. The van der Waals surface area contributed by atoms with Gasteiger partial charge in [0.1, 0.15) is 12.4 Å². The number of rotatable bonds is 5. The third-order valence-electron chi connectivity index (χ3n) is 1.78. The van der Waals surface area contributed by atoms with Crippen molar-refractivity contribution in [2.24, 2.45) is 5.73 Å². The van der Waals surface area contributed by atoms with Gasteiger partial charge in [-0.2, -0.15) is 0 Å². The van der Waals surface area contributed by atoms with Crippen molar-refractivity contribution in [3.63, 3.8) is 0 Å². The van der Waals surface area contributed by atoms with Gasteiger partial charge in [0.15, 0.2) is 0 Å². The second-order valence-corrected chi connectivity index (χ2v) is 2.94. The molecule has 0 spiro atoms. The first-order valence-electron chi connectivity index (χ1n) is 4.47. The van der Waals surface area contributed by atoms with Crippen molar-refractivity contribution in [1.29, 1.82) is 0 Å². The lowest BCUT2D eigenvalue weighted by atomic mass is 10.1. The van der Waals surface area contributed by atoms with Crippen molar-refractivity contribution in [3.05, 3.63) is 29.3 Å². The van der Waals surface area contributed by atoms with Gasteiger partial charge in [0, 0.05) is 6.54 Å². The van der Waals surface area contributed by atoms with E-state index in [9.17, 15) is 0 Å². The molecule has 0 atom stereocenters. The summed E-state index contributed by atoms with van der Waals surface area (Å²) >= 11 is 0. The molecule has 4 N–H and O–H groups in total. The van der Waals surface area contributed by atoms with E-state index in [0.29, 0.717) is 18.9 Å². The van der Waals surface area contributed by atoms with Gasteiger partial charge in [-0.1, -0.05) is 6.07 Å². The fourth-order valence-electron chi connectivity index (χ4n) is 1.17. The van der Waals surface area contributed by atoms with Crippen LogP contribution >= 0.6 is 12.4 Å². The van der Waals surface area contributed by atoms with Crippen molar-refractivity contribution >= 4 is 12.4 Å². The van der Waals surface area contributed by atoms with E-state index in [2.05, 4.69) is 0 Å². The largest absolute Gasteiger partial charge is 0.492 e. The summed E-state index contributed by atoms with van der Waals surface area (Å²) in [6.07, 6.45) is 0. The van der Waals surface area contributed by atoms with Crippen LogP contribution in [0.4, 0.5) is 0 Å². The molecule has 0 bridgehead atoms. The summed E-state index contributed by atoms with van der Waals surface area (Å²) in [5, 5.41) is 17.9. The molecule has 0 aliphatic carbocycles. The smallest absolute Gasteiger partial charge is 0.120 e. The zero-order chi connectivity index (χ0) is 10.4.